The maximum Gasteiger partial charge on any atom is 0.283 e. The minimum atomic E-state index is -0.408. The van der Waals surface area contributed by atoms with E-state index in [-0.39, 0.29) is 11.4 Å². The fraction of sp³-hybridized carbons (Fsp3) is 0.185. The van der Waals surface area contributed by atoms with Gasteiger partial charge in [-0.05, 0) is 86.0 Å². The SMILES string of the molecule is Cc1cc(C)cc(-n2c(C)cc(C=C3C(=N)N4N=C(SCc5ccccc5)SC4=NC3=O)c2C)c1. The summed E-state index contributed by atoms with van der Waals surface area (Å²) in [6, 6.07) is 18.6. The van der Waals surface area contributed by atoms with E-state index in [1.54, 1.807) is 17.8 Å². The van der Waals surface area contributed by atoms with Crippen LogP contribution in [0.4, 0.5) is 0 Å². The highest BCUT2D eigenvalue weighted by molar-refractivity contribution is 8.45. The van der Waals surface area contributed by atoms with Gasteiger partial charge in [-0.3, -0.25) is 10.2 Å². The standard InChI is InChI=1S/C27H25N5OS2/c1-16-10-17(2)12-22(11-16)31-18(3)13-21(19(31)4)14-23-24(28)32-26(29-25(23)33)35-27(30-32)34-15-20-8-6-5-7-9-20/h5-14,28H,15H2,1-4H3. The average molecular weight is 500 g/mol. The third-order valence-corrected chi connectivity index (χ3v) is 7.99. The molecule has 2 aromatic carbocycles. The molecule has 0 fully saturated rings. The number of aliphatic imine (C=N–C) groups is 1. The zero-order chi connectivity index (χ0) is 24.7. The van der Waals surface area contributed by atoms with Crippen LogP contribution in [0.5, 0.6) is 0 Å². The number of hydrazone groups is 1. The lowest BCUT2D eigenvalue weighted by atomic mass is 10.1. The number of benzene rings is 2. The van der Waals surface area contributed by atoms with Crippen molar-refractivity contribution in [3.8, 4) is 5.69 Å². The van der Waals surface area contributed by atoms with Crippen molar-refractivity contribution < 1.29 is 4.79 Å². The predicted octanol–water partition coefficient (Wildman–Crippen LogP) is 6.22. The van der Waals surface area contributed by atoms with Gasteiger partial charge < -0.3 is 4.57 Å². The van der Waals surface area contributed by atoms with Crippen LogP contribution in [-0.4, -0.2) is 30.9 Å². The van der Waals surface area contributed by atoms with Gasteiger partial charge in [-0.1, -0.05) is 48.2 Å². The van der Waals surface area contributed by atoms with Gasteiger partial charge in [-0.15, -0.1) is 5.10 Å². The Morgan fingerprint density at radius 2 is 1.74 bits per heavy atom. The largest absolute Gasteiger partial charge is 0.318 e. The molecule has 8 heteroatoms. The first-order chi connectivity index (χ1) is 16.8. The summed E-state index contributed by atoms with van der Waals surface area (Å²) < 4.78 is 2.96. The van der Waals surface area contributed by atoms with Crippen molar-refractivity contribution >= 4 is 50.9 Å². The normalized spacial score (nSPS) is 16.6. The summed E-state index contributed by atoms with van der Waals surface area (Å²) in [5, 5.41) is 15.2. The maximum atomic E-state index is 12.9. The van der Waals surface area contributed by atoms with E-state index in [4.69, 9.17) is 5.41 Å². The van der Waals surface area contributed by atoms with Crippen molar-refractivity contribution in [2.24, 2.45) is 10.1 Å². The second kappa shape index (κ2) is 9.36. The van der Waals surface area contributed by atoms with Crippen LogP contribution in [-0.2, 0) is 10.5 Å². The van der Waals surface area contributed by atoms with Crippen molar-refractivity contribution in [1.82, 2.24) is 9.58 Å². The molecule has 1 N–H and O–H groups in total. The number of amidine groups is 2. The number of rotatable bonds is 4. The molecule has 2 aliphatic heterocycles. The lowest BCUT2D eigenvalue weighted by molar-refractivity contribution is -0.114. The third-order valence-electron chi connectivity index (χ3n) is 5.88. The molecule has 1 aromatic heterocycles. The van der Waals surface area contributed by atoms with Crippen molar-refractivity contribution in [2.45, 2.75) is 33.4 Å². The number of hydrogen-bond acceptors (Lipinski definition) is 5. The van der Waals surface area contributed by atoms with E-state index in [0.29, 0.717) is 5.17 Å². The first kappa shape index (κ1) is 23.4. The summed E-state index contributed by atoms with van der Waals surface area (Å²) in [6.07, 6.45) is 1.77. The lowest BCUT2D eigenvalue weighted by Crippen LogP contribution is -2.35. The summed E-state index contributed by atoms with van der Waals surface area (Å²) in [5.74, 6) is 0.413. The summed E-state index contributed by atoms with van der Waals surface area (Å²) in [4.78, 5) is 17.1. The van der Waals surface area contributed by atoms with Gasteiger partial charge in [-0.2, -0.15) is 10.0 Å². The van der Waals surface area contributed by atoms with Gasteiger partial charge in [0.1, 0.15) is 0 Å². The molecule has 2 aliphatic rings. The minimum Gasteiger partial charge on any atom is -0.318 e. The number of aromatic nitrogens is 1. The molecule has 0 bridgehead atoms. The Kier molecular flexibility index (Phi) is 6.25. The molecule has 0 radical (unpaired) electrons. The van der Waals surface area contributed by atoms with Crippen molar-refractivity contribution in [2.75, 3.05) is 0 Å². The van der Waals surface area contributed by atoms with Crippen LogP contribution in [0, 0.1) is 33.1 Å². The van der Waals surface area contributed by atoms with E-state index in [2.05, 4.69) is 65.8 Å². The molecule has 3 aromatic rings. The molecule has 6 nitrogen and oxygen atoms in total. The Hall–Kier alpha value is -3.36. The zero-order valence-electron chi connectivity index (χ0n) is 20.0. The van der Waals surface area contributed by atoms with E-state index in [1.165, 1.54) is 33.5 Å². The molecule has 3 heterocycles. The summed E-state index contributed by atoms with van der Waals surface area (Å²) >= 11 is 2.91. The number of carbonyl (C=O) groups excluding carboxylic acids is 1. The van der Waals surface area contributed by atoms with Crippen LogP contribution in [0.2, 0.25) is 0 Å². The number of nitrogens with zero attached hydrogens (tertiary/aromatic N) is 4. The predicted molar refractivity (Wildman–Crippen MR) is 147 cm³/mol. The summed E-state index contributed by atoms with van der Waals surface area (Å²) in [5.41, 5.74) is 7.89. The van der Waals surface area contributed by atoms with E-state index in [1.807, 2.05) is 31.2 Å². The highest BCUT2D eigenvalue weighted by Crippen LogP contribution is 2.34. The highest BCUT2D eigenvalue weighted by Gasteiger charge is 2.36. The van der Waals surface area contributed by atoms with Crippen LogP contribution in [0.1, 0.15) is 33.6 Å². The number of fused-ring (bicyclic) bond motifs is 1. The molecule has 0 saturated carbocycles. The van der Waals surface area contributed by atoms with Gasteiger partial charge in [0.25, 0.3) is 5.91 Å². The lowest BCUT2D eigenvalue weighted by Gasteiger charge is -2.20. The van der Waals surface area contributed by atoms with Crippen molar-refractivity contribution in [1.29, 1.82) is 5.41 Å². The third kappa shape index (κ3) is 4.63. The average Bonchev–Trinajstić information content (AvgIpc) is 3.35. The van der Waals surface area contributed by atoms with Gasteiger partial charge in [-0.25, -0.2) is 0 Å². The number of nitrogens with one attached hydrogen (secondary N) is 1. The molecule has 0 atom stereocenters. The Bertz CT molecular complexity index is 1430. The Balaban J connectivity index is 1.42. The Labute approximate surface area is 213 Å². The van der Waals surface area contributed by atoms with Gasteiger partial charge in [0.2, 0.25) is 5.17 Å². The molecule has 0 aliphatic carbocycles. The van der Waals surface area contributed by atoms with Crippen LogP contribution in [0.3, 0.4) is 0 Å². The molecule has 0 saturated heterocycles. The number of carbonyl (C=O) groups is 1. The molecule has 5 rings (SSSR count). The molecule has 1 amide bonds. The van der Waals surface area contributed by atoms with Gasteiger partial charge in [0.15, 0.2) is 10.2 Å². The number of aryl methyl sites for hydroxylation is 3. The first-order valence-electron chi connectivity index (χ1n) is 11.2. The van der Waals surface area contributed by atoms with Crippen LogP contribution in [0.25, 0.3) is 11.8 Å². The molecule has 0 spiro atoms. The van der Waals surface area contributed by atoms with Crippen LogP contribution >= 0.6 is 23.5 Å². The van der Waals surface area contributed by atoms with E-state index < -0.39 is 5.91 Å². The molecule has 0 unspecified atom stereocenters. The number of hydrogen-bond donors (Lipinski definition) is 1. The van der Waals surface area contributed by atoms with E-state index in [0.717, 1.165) is 32.8 Å². The molecular formula is C27H25N5OS2. The highest BCUT2D eigenvalue weighted by atomic mass is 32.2. The number of thioether (sulfide) groups is 2. The van der Waals surface area contributed by atoms with Crippen LogP contribution < -0.4 is 0 Å². The monoisotopic (exact) mass is 499 g/mol. The second-order valence-corrected chi connectivity index (χ2v) is 10.8. The van der Waals surface area contributed by atoms with Gasteiger partial charge >= 0.3 is 0 Å². The van der Waals surface area contributed by atoms with Gasteiger partial charge in [0.05, 0.1) is 5.57 Å². The van der Waals surface area contributed by atoms with E-state index in [9.17, 15) is 4.79 Å². The summed E-state index contributed by atoms with van der Waals surface area (Å²) in [6.45, 7) is 8.26. The van der Waals surface area contributed by atoms with Crippen molar-refractivity contribution in [3.05, 3.63) is 93.8 Å². The fourth-order valence-electron chi connectivity index (χ4n) is 4.32. The molecular weight excluding hydrogens is 474 g/mol. The topological polar surface area (TPSA) is 73.8 Å². The maximum absolute atomic E-state index is 12.9. The fourth-order valence-corrected chi connectivity index (χ4v) is 6.20. The number of amides is 1. The first-order valence-corrected chi connectivity index (χ1v) is 13.0. The Morgan fingerprint density at radius 3 is 2.46 bits per heavy atom. The quantitative estimate of drug-likeness (QED) is 0.433. The second-order valence-electron chi connectivity index (χ2n) is 8.67. The smallest absolute Gasteiger partial charge is 0.283 e. The van der Waals surface area contributed by atoms with Gasteiger partial charge in [0, 0.05) is 22.8 Å². The Morgan fingerprint density at radius 1 is 1.03 bits per heavy atom. The van der Waals surface area contributed by atoms with E-state index >= 15 is 0 Å². The summed E-state index contributed by atoms with van der Waals surface area (Å²) in [7, 11) is 0. The van der Waals surface area contributed by atoms with Crippen molar-refractivity contribution in [3.63, 3.8) is 0 Å². The van der Waals surface area contributed by atoms with Crippen LogP contribution in [0.15, 0.2) is 70.3 Å². The zero-order valence-corrected chi connectivity index (χ0v) is 21.6. The molecule has 35 heavy (non-hydrogen) atoms. The molecule has 176 valence electrons. The minimum absolute atomic E-state index is 0.0546.